The molecule has 1 heterocycles. The Morgan fingerprint density at radius 2 is 1.64 bits per heavy atom. The number of rotatable bonds is 5. The molecule has 3 aromatic carbocycles. The van der Waals surface area contributed by atoms with E-state index in [2.05, 4.69) is 10.4 Å². The minimum absolute atomic E-state index is 0.133. The van der Waals surface area contributed by atoms with Crippen molar-refractivity contribution in [3.8, 4) is 16.8 Å². The molecule has 0 saturated carbocycles. The molecule has 0 fully saturated rings. The Morgan fingerprint density at radius 3 is 2.24 bits per heavy atom. The second-order valence-corrected chi connectivity index (χ2v) is 7.59. The normalized spacial score (nSPS) is 10.6. The number of anilines is 1. The summed E-state index contributed by atoms with van der Waals surface area (Å²) in [5.41, 5.74) is 1.40. The summed E-state index contributed by atoms with van der Waals surface area (Å²) in [6, 6.07) is 20.9. The molecule has 9 heteroatoms. The van der Waals surface area contributed by atoms with Crippen molar-refractivity contribution in [2.75, 3.05) is 5.32 Å². The number of hydrogen-bond acceptors (Lipinski definition) is 5. The topological polar surface area (TPSA) is 107 Å². The van der Waals surface area contributed by atoms with Crippen molar-refractivity contribution in [2.45, 2.75) is 6.92 Å². The lowest BCUT2D eigenvalue weighted by atomic mass is 10.0. The lowest BCUT2D eigenvalue weighted by molar-refractivity contribution is -0.384. The van der Waals surface area contributed by atoms with Gasteiger partial charge in [-0.05, 0) is 48.9 Å². The molecule has 0 aliphatic rings. The predicted molar refractivity (Wildman–Crippen MR) is 126 cm³/mol. The van der Waals surface area contributed by atoms with E-state index in [4.69, 9.17) is 11.6 Å². The highest BCUT2D eigenvalue weighted by Gasteiger charge is 2.21. The standard InChI is InChI=1S/C24H17ClN4O4/c1-15-22(30)21(16-7-11-18(25)12-8-16)23(28(27-15)19-5-3-2-4-6-19)26-24(31)17-9-13-20(14-10-17)29(32)33/h2-14H,1H3,(H,26,31). The fourth-order valence-corrected chi connectivity index (χ4v) is 3.44. The number of aryl methyl sites for hydroxylation is 1. The number of nitrogens with one attached hydrogen (secondary N) is 1. The van der Waals surface area contributed by atoms with Crippen molar-refractivity contribution in [3.63, 3.8) is 0 Å². The third kappa shape index (κ3) is 4.51. The fourth-order valence-electron chi connectivity index (χ4n) is 3.31. The number of non-ortho nitro benzene ring substituents is 1. The smallest absolute Gasteiger partial charge is 0.269 e. The van der Waals surface area contributed by atoms with Crippen LogP contribution >= 0.6 is 11.6 Å². The average molecular weight is 461 g/mol. The SMILES string of the molecule is Cc1nn(-c2ccccc2)c(NC(=O)c2ccc([N+](=O)[O-])cc2)c(-c2ccc(Cl)cc2)c1=O. The van der Waals surface area contributed by atoms with Gasteiger partial charge >= 0.3 is 0 Å². The third-order valence-electron chi connectivity index (χ3n) is 4.96. The molecule has 33 heavy (non-hydrogen) atoms. The van der Waals surface area contributed by atoms with E-state index in [-0.39, 0.29) is 33.8 Å². The van der Waals surface area contributed by atoms with Crippen LogP contribution in [-0.2, 0) is 0 Å². The van der Waals surface area contributed by atoms with Crippen LogP contribution in [0.25, 0.3) is 16.8 Å². The Labute approximate surface area is 193 Å². The molecule has 0 bridgehead atoms. The van der Waals surface area contributed by atoms with E-state index in [0.717, 1.165) is 0 Å². The monoisotopic (exact) mass is 460 g/mol. The van der Waals surface area contributed by atoms with Crippen LogP contribution in [-0.4, -0.2) is 20.6 Å². The molecule has 4 rings (SSSR count). The molecule has 0 aliphatic heterocycles. The molecule has 0 spiro atoms. The number of halogens is 1. The molecule has 0 aliphatic carbocycles. The van der Waals surface area contributed by atoms with Gasteiger partial charge in [-0.1, -0.05) is 41.9 Å². The number of nitrogens with zero attached hydrogens (tertiary/aromatic N) is 3. The average Bonchev–Trinajstić information content (AvgIpc) is 2.83. The predicted octanol–water partition coefficient (Wildman–Crippen LogP) is 5.02. The third-order valence-corrected chi connectivity index (χ3v) is 5.21. The summed E-state index contributed by atoms with van der Waals surface area (Å²) in [5, 5.41) is 18.6. The molecule has 1 N–H and O–H groups in total. The molecule has 164 valence electrons. The number of nitro groups is 1. The zero-order valence-electron chi connectivity index (χ0n) is 17.4. The Balaban J connectivity index is 1.89. The van der Waals surface area contributed by atoms with E-state index in [1.807, 2.05) is 18.2 Å². The van der Waals surface area contributed by atoms with E-state index in [9.17, 15) is 19.7 Å². The first kappa shape index (κ1) is 21.9. The maximum atomic E-state index is 13.2. The van der Waals surface area contributed by atoms with Crippen LogP contribution in [0.15, 0.2) is 83.7 Å². The van der Waals surface area contributed by atoms with Gasteiger partial charge in [-0.25, -0.2) is 4.68 Å². The maximum Gasteiger partial charge on any atom is 0.269 e. The summed E-state index contributed by atoms with van der Waals surface area (Å²) in [4.78, 5) is 36.6. The summed E-state index contributed by atoms with van der Waals surface area (Å²) in [7, 11) is 0. The molecule has 0 saturated heterocycles. The minimum Gasteiger partial charge on any atom is -0.306 e. The van der Waals surface area contributed by atoms with Crippen LogP contribution in [0.1, 0.15) is 16.1 Å². The lowest BCUT2D eigenvalue weighted by Gasteiger charge is -2.18. The second-order valence-electron chi connectivity index (χ2n) is 7.15. The van der Waals surface area contributed by atoms with Gasteiger partial charge in [-0.2, -0.15) is 5.10 Å². The summed E-state index contributed by atoms with van der Waals surface area (Å²) < 4.78 is 1.49. The number of carbonyl (C=O) groups excluding carboxylic acids is 1. The highest BCUT2D eigenvalue weighted by Crippen LogP contribution is 2.28. The van der Waals surface area contributed by atoms with Crippen molar-refractivity contribution >= 4 is 29.0 Å². The molecule has 8 nitrogen and oxygen atoms in total. The van der Waals surface area contributed by atoms with Gasteiger partial charge in [0.1, 0.15) is 11.5 Å². The molecular formula is C24H17ClN4O4. The largest absolute Gasteiger partial charge is 0.306 e. The number of carbonyl (C=O) groups is 1. The highest BCUT2D eigenvalue weighted by atomic mass is 35.5. The Morgan fingerprint density at radius 1 is 1.00 bits per heavy atom. The second kappa shape index (κ2) is 9.05. The maximum absolute atomic E-state index is 13.2. The van der Waals surface area contributed by atoms with Gasteiger partial charge in [-0.3, -0.25) is 19.7 Å². The molecule has 0 atom stereocenters. The Kier molecular flexibility index (Phi) is 6.01. The Bertz CT molecular complexity index is 1400. The van der Waals surface area contributed by atoms with Gasteiger partial charge in [0.05, 0.1) is 16.2 Å². The first-order valence-electron chi connectivity index (χ1n) is 9.86. The van der Waals surface area contributed by atoms with Gasteiger partial charge in [0, 0.05) is 22.7 Å². The zero-order chi connectivity index (χ0) is 23.5. The van der Waals surface area contributed by atoms with E-state index in [1.54, 1.807) is 43.3 Å². The fraction of sp³-hybridized carbons (Fsp3) is 0.0417. The van der Waals surface area contributed by atoms with Crippen LogP contribution in [0, 0.1) is 17.0 Å². The van der Waals surface area contributed by atoms with Crippen molar-refractivity contribution < 1.29 is 9.72 Å². The van der Waals surface area contributed by atoms with Crippen molar-refractivity contribution in [1.82, 2.24) is 9.78 Å². The van der Waals surface area contributed by atoms with Crippen molar-refractivity contribution in [3.05, 3.63) is 115 Å². The van der Waals surface area contributed by atoms with Crippen LogP contribution in [0.5, 0.6) is 0 Å². The van der Waals surface area contributed by atoms with E-state index < -0.39 is 10.8 Å². The van der Waals surface area contributed by atoms with Gasteiger partial charge < -0.3 is 5.32 Å². The molecule has 4 aromatic rings. The van der Waals surface area contributed by atoms with E-state index in [0.29, 0.717) is 16.3 Å². The van der Waals surface area contributed by atoms with E-state index in [1.165, 1.54) is 28.9 Å². The number of para-hydroxylation sites is 1. The van der Waals surface area contributed by atoms with Crippen molar-refractivity contribution in [2.24, 2.45) is 0 Å². The van der Waals surface area contributed by atoms with Crippen LogP contribution in [0.4, 0.5) is 11.5 Å². The van der Waals surface area contributed by atoms with Gasteiger partial charge in [-0.15, -0.1) is 0 Å². The van der Waals surface area contributed by atoms with Crippen LogP contribution < -0.4 is 10.7 Å². The molecule has 0 radical (unpaired) electrons. The van der Waals surface area contributed by atoms with Gasteiger partial charge in [0.2, 0.25) is 5.43 Å². The number of aromatic nitrogens is 2. The quantitative estimate of drug-likeness (QED) is 0.332. The summed E-state index contributed by atoms with van der Waals surface area (Å²) in [6.07, 6.45) is 0. The first-order valence-corrected chi connectivity index (χ1v) is 10.2. The molecule has 0 unspecified atom stereocenters. The minimum atomic E-state index is -0.546. The van der Waals surface area contributed by atoms with Gasteiger partial charge in [0.25, 0.3) is 11.6 Å². The summed E-state index contributed by atoms with van der Waals surface area (Å²) in [6.45, 7) is 1.60. The zero-order valence-corrected chi connectivity index (χ0v) is 18.1. The molecular weight excluding hydrogens is 444 g/mol. The van der Waals surface area contributed by atoms with Crippen molar-refractivity contribution in [1.29, 1.82) is 0 Å². The number of benzene rings is 3. The highest BCUT2D eigenvalue weighted by molar-refractivity contribution is 6.30. The molecule has 1 amide bonds. The van der Waals surface area contributed by atoms with Gasteiger partial charge in [0.15, 0.2) is 0 Å². The first-order chi connectivity index (χ1) is 15.8. The lowest BCUT2D eigenvalue weighted by Crippen LogP contribution is -2.24. The Hall–Kier alpha value is -4.30. The summed E-state index contributed by atoms with van der Waals surface area (Å²) in [5.74, 6) is -0.377. The summed E-state index contributed by atoms with van der Waals surface area (Å²) >= 11 is 6.02. The number of amides is 1. The molecule has 1 aromatic heterocycles. The van der Waals surface area contributed by atoms with Crippen LogP contribution in [0.2, 0.25) is 5.02 Å². The van der Waals surface area contributed by atoms with E-state index >= 15 is 0 Å². The van der Waals surface area contributed by atoms with Crippen LogP contribution in [0.3, 0.4) is 0 Å². The number of hydrogen-bond donors (Lipinski definition) is 1. The number of nitro benzene ring substituents is 1.